The van der Waals surface area contributed by atoms with E-state index >= 15 is 0 Å². The monoisotopic (exact) mass is 379 g/mol. The van der Waals surface area contributed by atoms with Gasteiger partial charge in [0.15, 0.2) is 11.5 Å². The van der Waals surface area contributed by atoms with E-state index in [-0.39, 0.29) is 18.7 Å². The number of aryl methyl sites for hydroxylation is 1. The number of nitrogens with two attached hydrogens (primary N) is 2. The number of benzene rings is 1. The highest BCUT2D eigenvalue weighted by atomic mass is 19.3. The van der Waals surface area contributed by atoms with Gasteiger partial charge in [0, 0.05) is 18.2 Å². The number of amides is 1. The number of hydrogen-bond donors (Lipinski definition) is 6. The molecule has 2 atom stereocenters. The van der Waals surface area contributed by atoms with Crippen molar-refractivity contribution < 1.29 is 13.6 Å². The standard InChI is InChI=1S/C17H23F2N7O/c1-9-4-2-5-10(8-9)24-15(12(20)14(22)27)26-16(23)25-11-6-3-7-17(18,19)13(11)21/h2,4-5,8,11,13,20H,3,6-7,21H2,1H3,(H2,22,27)(H3,23,24,25,26)/t11-,13-/m1/s1. The largest absolute Gasteiger partial charge is 0.364 e. The molecule has 1 amide bonds. The number of guanidine groups is 1. The molecule has 0 unspecified atom stereocenters. The van der Waals surface area contributed by atoms with E-state index in [0.29, 0.717) is 12.1 Å². The van der Waals surface area contributed by atoms with Gasteiger partial charge in [0.1, 0.15) is 0 Å². The Hall–Kier alpha value is -2.88. The molecule has 0 bridgehead atoms. The van der Waals surface area contributed by atoms with E-state index in [0.717, 1.165) is 5.56 Å². The van der Waals surface area contributed by atoms with Crippen LogP contribution in [-0.2, 0) is 4.79 Å². The first kappa shape index (κ1) is 20.4. The maximum atomic E-state index is 13.7. The second-order valence-corrected chi connectivity index (χ2v) is 6.47. The summed E-state index contributed by atoms with van der Waals surface area (Å²) in [6.07, 6.45) is 0.332. The van der Waals surface area contributed by atoms with Crippen molar-refractivity contribution in [2.24, 2.45) is 16.5 Å². The van der Waals surface area contributed by atoms with Crippen LogP contribution in [0, 0.1) is 17.7 Å². The molecule has 1 fully saturated rings. The number of carbonyl (C=O) groups excluding carboxylic acids is 1. The number of hydrogen-bond acceptors (Lipinski definition) is 4. The first-order valence-corrected chi connectivity index (χ1v) is 8.40. The molecule has 27 heavy (non-hydrogen) atoms. The van der Waals surface area contributed by atoms with E-state index in [1.807, 2.05) is 13.0 Å². The Balaban J connectivity index is 2.18. The Morgan fingerprint density at radius 2 is 2.07 bits per heavy atom. The third kappa shape index (κ3) is 5.30. The number of halogens is 2. The van der Waals surface area contributed by atoms with Crippen molar-refractivity contribution in [3.63, 3.8) is 0 Å². The SMILES string of the molecule is Cc1cccc(N/C(=N/C(=N)N[C@@H]2CCCC(F)(F)[C@@H]2N)C(=N)C(N)=O)c1. The van der Waals surface area contributed by atoms with Crippen LogP contribution in [0.1, 0.15) is 24.8 Å². The molecule has 8 N–H and O–H groups in total. The van der Waals surface area contributed by atoms with Crippen LogP contribution in [0.3, 0.4) is 0 Å². The lowest BCUT2D eigenvalue weighted by molar-refractivity contribution is -0.111. The van der Waals surface area contributed by atoms with Gasteiger partial charge in [0.25, 0.3) is 11.8 Å². The Bertz CT molecular complexity index is 778. The third-order valence-corrected chi connectivity index (χ3v) is 4.26. The lowest BCUT2D eigenvalue weighted by Crippen LogP contribution is -2.58. The zero-order valence-corrected chi connectivity index (χ0v) is 14.9. The average molecular weight is 379 g/mol. The molecule has 2 rings (SSSR count). The van der Waals surface area contributed by atoms with Gasteiger partial charge in [-0.05, 0) is 37.5 Å². The van der Waals surface area contributed by atoms with Crippen molar-refractivity contribution >= 4 is 29.1 Å². The molecular weight excluding hydrogens is 356 g/mol. The van der Waals surface area contributed by atoms with E-state index in [4.69, 9.17) is 22.3 Å². The molecule has 0 radical (unpaired) electrons. The van der Waals surface area contributed by atoms with Crippen molar-refractivity contribution in [2.45, 2.75) is 44.2 Å². The number of anilines is 1. The lowest BCUT2D eigenvalue weighted by Gasteiger charge is -2.35. The summed E-state index contributed by atoms with van der Waals surface area (Å²) < 4.78 is 27.5. The lowest BCUT2D eigenvalue weighted by atomic mass is 9.87. The van der Waals surface area contributed by atoms with Gasteiger partial charge in [-0.3, -0.25) is 15.6 Å². The minimum atomic E-state index is -3.03. The van der Waals surface area contributed by atoms with Crippen LogP contribution in [0.25, 0.3) is 0 Å². The van der Waals surface area contributed by atoms with Crippen LogP contribution >= 0.6 is 0 Å². The van der Waals surface area contributed by atoms with Crippen molar-refractivity contribution in [3.05, 3.63) is 29.8 Å². The Morgan fingerprint density at radius 3 is 2.70 bits per heavy atom. The number of nitrogens with zero attached hydrogens (tertiary/aromatic N) is 1. The maximum Gasteiger partial charge on any atom is 0.270 e. The summed E-state index contributed by atoms with van der Waals surface area (Å²) >= 11 is 0. The molecule has 0 aromatic heterocycles. The Morgan fingerprint density at radius 1 is 1.37 bits per heavy atom. The summed E-state index contributed by atoms with van der Waals surface area (Å²) in [7, 11) is 0. The zero-order valence-electron chi connectivity index (χ0n) is 14.9. The quantitative estimate of drug-likeness (QED) is 0.345. The molecule has 10 heteroatoms. The van der Waals surface area contributed by atoms with Gasteiger partial charge in [-0.2, -0.15) is 4.99 Å². The van der Waals surface area contributed by atoms with Crippen LogP contribution in [0.2, 0.25) is 0 Å². The minimum absolute atomic E-state index is 0.262. The van der Waals surface area contributed by atoms with Crippen LogP contribution in [0.5, 0.6) is 0 Å². The van der Waals surface area contributed by atoms with Gasteiger partial charge in [-0.1, -0.05) is 12.1 Å². The molecule has 1 aliphatic carbocycles. The Kier molecular flexibility index (Phi) is 6.21. The Labute approximate surface area is 155 Å². The van der Waals surface area contributed by atoms with Gasteiger partial charge < -0.3 is 22.1 Å². The van der Waals surface area contributed by atoms with Gasteiger partial charge in [-0.15, -0.1) is 0 Å². The van der Waals surface area contributed by atoms with Gasteiger partial charge in [0.05, 0.1) is 6.04 Å². The number of amidine groups is 1. The van der Waals surface area contributed by atoms with Gasteiger partial charge >= 0.3 is 0 Å². The van der Waals surface area contributed by atoms with Gasteiger partial charge in [-0.25, -0.2) is 8.78 Å². The number of carbonyl (C=O) groups is 1. The number of rotatable bonds is 4. The fraction of sp³-hybridized carbons (Fsp3) is 0.412. The molecule has 1 aromatic carbocycles. The molecular formula is C17H23F2N7O. The summed E-state index contributed by atoms with van der Waals surface area (Å²) in [5, 5.41) is 21.0. The summed E-state index contributed by atoms with van der Waals surface area (Å²) in [6, 6.07) is 4.76. The summed E-state index contributed by atoms with van der Waals surface area (Å²) in [4.78, 5) is 15.2. The third-order valence-electron chi connectivity index (χ3n) is 4.26. The fourth-order valence-corrected chi connectivity index (χ4v) is 2.80. The molecule has 146 valence electrons. The second-order valence-electron chi connectivity index (χ2n) is 6.47. The second kappa shape index (κ2) is 8.21. The van der Waals surface area contributed by atoms with E-state index in [1.54, 1.807) is 18.2 Å². The van der Waals surface area contributed by atoms with Crippen molar-refractivity contribution in [2.75, 3.05) is 5.32 Å². The highest BCUT2D eigenvalue weighted by Crippen LogP contribution is 2.32. The molecule has 8 nitrogen and oxygen atoms in total. The number of nitrogens with one attached hydrogen (secondary N) is 4. The van der Waals surface area contributed by atoms with E-state index < -0.39 is 35.6 Å². The summed E-state index contributed by atoms with van der Waals surface area (Å²) in [6.45, 7) is 1.86. The van der Waals surface area contributed by atoms with Crippen molar-refractivity contribution in [3.8, 4) is 0 Å². The zero-order chi connectivity index (χ0) is 20.2. The molecule has 0 aliphatic heterocycles. The van der Waals surface area contributed by atoms with Crippen molar-refractivity contribution in [1.82, 2.24) is 5.32 Å². The predicted molar refractivity (Wildman–Crippen MR) is 101 cm³/mol. The highest BCUT2D eigenvalue weighted by Gasteiger charge is 2.44. The van der Waals surface area contributed by atoms with E-state index in [1.165, 1.54) is 0 Å². The number of primary amides is 1. The fourth-order valence-electron chi connectivity index (χ4n) is 2.80. The van der Waals surface area contributed by atoms with Crippen LogP contribution in [0.4, 0.5) is 14.5 Å². The smallest absolute Gasteiger partial charge is 0.270 e. The van der Waals surface area contributed by atoms with E-state index in [9.17, 15) is 13.6 Å². The maximum absolute atomic E-state index is 13.7. The summed E-state index contributed by atoms with van der Waals surface area (Å²) in [5.41, 5.74) is 11.6. The average Bonchev–Trinajstić information content (AvgIpc) is 2.57. The predicted octanol–water partition coefficient (Wildman–Crippen LogP) is 1.35. The molecule has 1 aliphatic rings. The molecule has 0 heterocycles. The van der Waals surface area contributed by atoms with Crippen LogP contribution in [0.15, 0.2) is 29.3 Å². The van der Waals surface area contributed by atoms with Crippen LogP contribution in [-0.4, -0.2) is 41.4 Å². The highest BCUT2D eigenvalue weighted by molar-refractivity contribution is 6.67. The first-order chi connectivity index (χ1) is 12.6. The number of aliphatic imine (C=N–C) groups is 1. The molecule has 1 aromatic rings. The van der Waals surface area contributed by atoms with Crippen molar-refractivity contribution in [1.29, 1.82) is 10.8 Å². The topological polar surface area (TPSA) is 153 Å². The summed E-state index contributed by atoms with van der Waals surface area (Å²) in [5.74, 6) is -4.82. The minimum Gasteiger partial charge on any atom is -0.364 e. The normalized spacial score (nSPS) is 22.0. The molecule has 0 spiro atoms. The molecule has 1 saturated carbocycles. The van der Waals surface area contributed by atoms with Gasteiger partial charge in [0.2, 0.25) is 5.96 Å². The van der Waals surface area contributed by atoms with Crippen LogP contribution < -0.4 is 22.1 Å². The first-order valence-electron chi connectivity index (χ1n) is 8.40. The number of alkyl halides is 2. The molecule has 0 saturated heterocycles. The van der Waals surface area contributed by atoms with E-state index in [2.05, 4.69) is 15.6 Å².